The molecular formula is C20H25BrN2O4. The number of carbonyl (C=O) groups is 3. The maximum absolute atomic E-state index is 13.0. The Kier molecular flexibility index (Phi) is 5.34. The van der Waals surface area contributed by atoms with Gasteiger partial charge in [-0.1, -0.05) is 48.8 Å². The van der Waals surface area contributed by atoms with Crippen molar-refractivity contribution in [2.45, 2.75) is 52.2 Å². The molecule has 1 aromatic carbocycles. The lowest BCUT2D eigenvalue weighted by molar-refractivity contribution is -0.149. The first-order valence-corrected chi connectivity index (χ1v) is 9.94. The first kappa shape index (κ1) is 19.9. The molecule has 6 nitrogen and oxygen atoms in total. The second kappa shape index (κ2) is 7.26. The number of halogens is 1. The lowest BCUT2D eigenvalue weighted by atomic mass is 9.64. The van der Waals surface area contributed by atoms with Crippen LogP contribution < -0.4 is 5.32 Å². The van der Waals surface area contributed by atoms with E-state index in [2.05, 4.69) is 42.0 Å². The topological polar surface area (TPSA) is 75.7 Å². The molecular weight excluding hydrogens is 412 g/mol. The van der Waals surface area contributed by atoms with Gasteiger partial charge in [-0.15, -0.1) is 0 Å². The molecule has 1 saturated carbocycles. The number of urea groups is 1. The number of hydrogen-bond donors (Lipinski definition) is 1. The average molecular weight is 437 g/mol. The van der Waals surface area contributed by atoms with Gasteiger partial charge in [0.2, 0.25) is 0 Å². The molecule has 1 spiro atoms. The van der Waals surface area contributed by atoms with E-state index in [1.807, 2.05) is 24.3 Å². The fraction of sp³-hybridized carbons (Fsp3) is 0.550. The molecule has 146 valence electrons. The van der Waals surface area contributed by atoms with Crippen LogP contribution in [-0.4, -0.2) is 34.9 Å². The van der Waals surface area contributed by atoms with Gasteiger partial charge in [0.15, 0.2) is 0 Å². The van der Waals surface area contributed by atoms with Crippen molar-refractivity contribution in [2.24, 2.45) is 11.3 Å². The van der Waals surface area contributed by atoms with E-state index in [0.717, 1.165) is 21.4 Å². The van der Waals surface area contributed by atoms with Gasteiger partial charge in [0.1, 0.15) is 18.7 Å². The molecule has 1 N–H and O–H groups in total. The van der Waals surface area contributed by atoms with Crippen molar-refractivity contribution in [3.05, 3.63) is 34.3 Å². The summed E-state index contributed by atoms with van der Waals surface area (Å²) in [7, 11) is 0. The number of rotatable bonds is 4. The van der Waals surface area contributed by atoms with Gasteiger partial charge in [-0.2, -0.15) is 0 Å². The van der Waals surface area contributed by atoms with E-state index >= 15 is 0 Å². The summed E-state index contributed by atoms with van der Waals surface area (Å²) in [6.07, 6.45) is 2.19. The smallest absolute Gasteiger partial charge is 0.326 e. The second-order valence-electron chi connectivity index (χ2n) is 8.55. The van der Waals surface area contributed by atoms with Crippen molar-refractivity contribution in [2.75, 3.05) is 6.54 Å². The number of hydrogen-bond acceptors (Lipinski definition) is 4. The molecule has 2 aliphatic rings. The molecule has 0 bridgehead atoms. The van der Waals surface area contributed by atoms with Crippen LogP contribution in [0.15, 0.2) is 28.7 Å². The zero-order valence-corrected chi connectivity index (χ0v) is 17.5. The molecule has 1 aliphatic carbocycles. The van der Waals surface area contributed by atoms with Crippen molar-refractivity contribution in [1.29, 1.82) is 0 Å². The Morgan fingerprint density at radius 2 is 1.93 bits per heavy atom. The number of imide groups is 1. The number of benzene rings is 1. The molecule has 1 heterocycles. The molecule has 3 rings (SSSR count). The summed E-state index contributed by atoms with van der Waals surface area (Å²) >= 11 is 3.35. The summed E-state index contributed by atoms with van der Waals surface area (Å²) in [5.74, 6) is -0.586. The number of carbonyl (C=O) groups excluding carboxylic acids is 3. The fourth-order valence-corrected chi connectivity index (χ4v) is 4.83. The summed E-state index contributed by atoms with van der Waals surface area (Å²) in [6.45, 7) is 6.05. The monoisotopic (exact) mass is 436 g/mol. The molecule has 0 aromatic heterocycles. The van der Waals surface area contributed by atoms with Gasteiger partial charge in [-0.3, -0.25) is 14.5 Å². The first-order chi connectivity index (χ1) is 12.6. The molecule has 0 unspecified atom stereocenters. The van der Waals surface area contributed by atoms with Crippen molar-refractivity contribution in [3.8, 4) is 0 Å². The van der Waals surface area contributed by atoms with E-state index in [4.69, 9.17) is 4.74 Å². The third-order valence-electron chi connectivity index (χ3n) is 5.22. The minimum atomic E-state index is -0.899. The van der Waals surface area contributed by atoms with E-state index in [-0.39, 0.29) is 24.5 Å². The molecule has 2 atom stereocenters. The molecule has 1 aromatic rings. The largest absolute Gasteiger partial charge is 0.459 e. The summed E-state index contributed by atoms with van der Waals surface area (Å²) in [5, 5.41) is 2.86. The van der Waals surface area contributed by atoms with E-state index in [9.17, 15) is 14.4 Å². The zero-order chi connectivity index (χ0) is 19.8. The maximum atomic E-state index is 13.0. The summed E-state index contributed by atoms with van der Waals surface area (Å²) in [6, 6.07) is 6.88. The molecule has 0 radical (unpaired) electrons. The molecule has 7 heteroatoms. The molecule has 27 heavy (non-hydrogen) atoms. The highest BCUT2D eigenvalue weighted by Crippen LogP contribution is 2.46. The maximum Gasteiger partial charge on any atom is 0.326 e. The number of esters is 1. The first-order valence-electron chi connectivity index (χ1n) is 9.14. The van der Waals surface area contributed by atoms with Crippen LogP contribution in [0.2, 0.25) is 0 Å². The van der Waals surface area contributed by atoms with Crippen LogP contribution in [0.25, 0.3) is 0 Å². The number of amides is 3. The van der Waals surface area contributed by atoms with Crippen LogP contribution in [0.3, 0.4) is 0 Å². The predicted molar refractivity (Wildman–Crippen MR) is 104 cm³/mol. The molecule has 1 aliphatic heterocycles. The Balaban J connectivity index is 1.63. The lowest BCUT2D eigenvalue weighted by Crippen LogP contribution is -2.54. The Morgan fingerprint density at radius 1 is 1.26 bits per heavy atom. The Morgan fingerprint density at radius 3 is 2.56 bits per heavy atom. The van der Waals surface area contributed by atoms with Crippen LogP contribution in [-0.2, 0) is 20.9 Å². The van der Waals surface area contributed by atoms with Crippen LogP contribution in [0.1, 0.15) is 45.6 Å². The number of nitrogens with zero attached hydrogens (tertiary/aromatic N) is 1. The minimum Gasteiger partial charge on any atom is -0.459 e. The summed E-state index contributed by atoms with van der Waals surface area (Å²) < 4.78 is 6.17. The normalized spacial score (nSPS) is 27.0. The van der Waals surface area contributed by atoms with Crippen LogP contribution in [0.4, 0.5) is 4.79 Å². The molecule has 3 amide bonds. The van der Waals surface area contributed by atoms with Gasteiger partial charge >= 0.3 is 12.0 Å². The third kappa shape index (κ3) is 4.34. The lowest BCUT2D eigenvalue weighted by Gasteiger charge is -2.43. The summed E-state index contributed by atoms with van der Waals surface area (Å²) in [5.41, 5.74) is -0.105. The quantitative estimate of drug-likeness (QED) is 0.577. The number of ether oxygens (including phenoxy) is 1. The van der Waals surface area contributed by atoms with Crippen molar-refractivity contribution in [3.63, 3.8) is 0 Å². The van der Waals surface area contributed by atoms with Gasteiger partial charge in [0, 0.05) is 4.47 Å². The van der Waals surface area contributed by atoms with Crippen molar-refractivity contribution >= 4 is 33.8 Å². The molecule has 2 fully saturated rings. The van der Waals surface area contributed by atoms with Gasteiger partial charge < -0.3 is 10.1 Å². The number of nitrogens with one attached hydrogen (secondary N) is 1. The molecule has 1 saturated heterocycles. The highest BCUT2D eigenvalue weighted by atomic mass is 79.9. The fourth-order valence-electron chi connectivity index (χ4n) is 4.57. The average Bonchev–Trinajstić information content (AvgIpc) is 2.76. The standard InChI is InChI=1S/C20H25BrN2O4/c1-13-8-19(2,3)12-20(9-13)17(25)23(18(26)22-20)10-16(24)27-11-14-4-6-15(21)7-5-14/h4-7,13H,8-12H2,1-3H3,(H,22,26)/t13-,20+/m0/s1. The Hall–Kier alpha value is -1.89. The van der Waals surface area contributed by atoms with Gasteiger partial charge in [0.05, 0.1) is 0 Å². The van der Waals surface area contributed by atoms with Gasteiger partial charge in [-0.05, 0) is 48.3 Å². The van der Waals surface area contributed by atoms with Crippen molar-refractivity contribution in [1.82, 2.24) is 10.2 Å². The predicted octanol–water partition coefficient (Wildman–Crippen LogP) is 3.63. The Bertz CT molecular complexity index is 762. The van der Waals surface area contributed by atoms with Crippen LogP contribution in [0, 0.1) is 11.3 Å². The van der Waals surface area contributed by atoms with E-state index in [0.29, 0.717) is 18.8 Å². The van der Waals surface area contributed by atoms with Crippen molar-refractivity contribution < 1.29 is 19.1 Å². The highest BCUT2D eigenvalue weighted by molar-refractivity contribution is 9.10. The van der Waals surface area contributed by atoms with E-state index in [1.165, 1.54) is 0 Å². The van der Waals surface area contributed by atoms with Crippen LogP contribution >= 0.6 is 15.9 Å². The van der Waals surface area contributed by atoms with E-state index < -0.39 is 17.5 Å². The Labute approximate surface area is 167 Å². The van der Waals surface area contributed by atoms with Crippen LogP contribution in [0.5, 0.6) is 0 Å². The third-order valence-corrected chi connectivity index (χ3v) is 5.75. The summed E-state index contributed by atoms with van der Waals surface area (Å²) in [4.78, 5) is 38.6. The minimum absolute atomic E-state index is 0.0429. The van der Waals surface area contributed by atoms with Gasteiger partial charge in [-0.25, -0.2) is 4.79 Å². The zero-order valence-electron chi connectivity index (χ0n) is 15.9. The van der Waals surface area contributed by atoms with Gasteiger partial charge in [0.25, 0.3) is 5.91 Å². The SMILES string of the molecule is C[C@H]1CC(C)(C)C[C@@]2(C1)NC(=O)N(CC(=O)OCc1ccc(Br)cc1)C2=O. The van der Waals surface area contributed by atoms with E-state index in [1.54, 1.807) is 0 Å². The second-order valence-corrected chi connectivity index (χ2v) is 9.46. The highest BCUT2D eigenvalue weighted by Gasteiger charge is 2.56.